The fraction of sp³-hybridized carbons (Fsp3) is 0.364. The van der Waals surface area contributed by atoms with Crippen LogP contribution in [0, 0.1) is 6.92 Å². The molecule has 3 rings (SSSR count). The molecule has 5 nitrogen and oxygen atoms in total. The number of halogens is 8. The quantitative estimate of drug-likeness (QED) is 0.411. The molecule has 0 saturated heterocycles. The average Bonchev–Trinajstić information content (AvgIpc) is 3.19. The van der Waals surface area contributed by atoms with Crippen LogP contribution in [0.5, 0.6) is 0 Å². The van der Waals surface area contributed by atoms with E-state index in [9.17, 15) is 31.1 Å². The van der Waals surface area contributed by atoms with Crippen LogP contribution in [0.15, 0.2) is 41.6 Å². The normalized spacial score (nSPS) is 18.3. The van der Waals surface area contributed by atoms with Gasteiger partial charge in [0.1, 0.15) is 6.54 Å². The van der Waals surface area contributed by atoms with Crippen LogP contribution in [0.4, 0.5) is 26.3 Å². The number of carbonyl (C=O) groups is 1. The molecule has 0 spiro atoms. The number of alkyl halides is 6. The molecular weight excluding hydrogens is 523 g/mol. The molecule has 0 aliphatic carbocycles. The van der Waals surface area contributed by atoms with Gasteiger partial charge in [0.15, 0.2) is 5.91 Å². The Morgan fingerprint density at radius 3 is 2.34 bits per heavy atom. The van der Waals surface area contributed by atoms with E-state index in [0.29, 0.717) is 16.7 Å². The summed E-state index contributed by atoms with van der Waals surface area (Å²) in [7, 11) is 0. The van der Waals surface area contributed by atoms with Crippen molar-refractivity contribution in [3.63, 3.8) is 0 Å². The Morgan fingerprint density at radius 2 is 1.77 bits per heavy atom. The van der Waals surface area contributed by atoms with Crippen LogP contribution in [0.1, 0.15) is 28.7 Å². The highest BCUT2D eigenvalue weighted by molar-refractivity contribution is 6.34. The van der Waals surface area contributed by atoms with E-state index < -0.39 is 43.4 Å². The molecule has 0 radical (unpaired) electrons. The molecule has 0 fully saturated rings. The van der Waals surface area contributed by atoms with Crippen LogP contribution in [-0.4, -0.2) is 37.1 Å². The molecule has 0 aromatic heterocycles. The maximum absolute atomic E-state index is 14.1. The lowest BCUT2D eigenvalue weighted by molar-refractivity contribution is -0.275. The summed E-state index contributed by atoms with van der Waals surface area (Å²) in [4.78, 5) is 16.4. The zero-order valence-corrected chi connectivity index (χ0v) is 19.5. The first-order valence-electron chi connectivity index (χ1n) is 10.1. The minimum Gasteiger partial charge on any atom is -0.651 e. The molecule has 190 valence electrons. The number of nitrogens with zero attached hydrogens (tertiary/aromatic N) is 2. The Hall–Kier alpha value is -2.50. The molecule has 1 N–H and O–H groups in total. The van der Waals surface area contributed by atoms with Gasteiger partial charge in [-0.05, 0) is 42.3 Å². The lowest BCUT2D eigenvalue weighted by atomic mass is 9.86. The lowest BCUT2D eigenvalue weighted by Crippen LogP contribution is -2.42. The van der Waals surface area contributed by atoms with Gasteiger partial charge in [-0.15, -0.1) is 6.54 Å². The predicted octanol–water partition coefficient (Wildman–Crippen LogP) is 6.44. The minimum atomic E-state index is -4.83. The molecule has 1 heterocycles. The van der Waals surface area contributed by atoms with E-state index in [2.05, 4.69) is 10.5 Å². The summed E-state index contributed by atoms with van der Waals surface area (Å²) in [6.07, 6.45) is -9.96. The van der Waals surface area contributed by atoms with E-state index in [-0.39, 0.29) is 27.9 Å². The summed E-state index contributed by atoms with van der Waals surface area (Å²) in [5.74, 6) is -0.876. The van der Waals surface area contributed by atoms with Gasteiger partial charge < -0.3 is 15.5 Å². The monoisotopic (exact) mass is 540 g/mol. The number of carbonyl (C=O) groups excluding carboxylic acids is 1. The molecule has 1 aliphatic heterocycles. The third-order valence-electron chi connectivity index (χ3n) is 5.21. The SMILES string of the molecule is Cc1cc(C2=NOC(c3cc(Cl)cc(Cl)c3)(C(F)(F)F)C2)ccc1C[N-]CC(=O)NCC(F)(F)F. The molecule has 1 unspecified atom stereocenters. The Balaban J connectivity index is 1.70. The van der Waals surface area contributed by atoms with Crippen molar-refractivity contribution >= 4 is 34.8 Å². The van der Waals surface area contributed by atoms with E-state index in [1.54, 1.807) is 24.4 Å². The molecule has 1 amide bonds. The first-order chi connectivity index (χ1) is 16.2. The average molecular weight is 541 g/mol. The summed E-state index contributed by atoms with van der Waals surface area (Å²) < 4.78 is 78.8. The van der Waals surface area contributed by atoms with Crippen LogP contribution < -0.4 is 5.32 Å². The second-order valence-electron chi connectivity index (χ2n) is 7.86. The van der Waals surface area contributed by atoms with Gasteiger partial charge in [-0.1, -0.05) is 52.6 Å². The molecular formula is C22H18Cl2F6N3O2-. The van der Waals surface area contributed by atoms with Crippen molar-refractivity contribution in [2.45, 2.75) is 37.8 Å². The predicted molar refractivity (Wildman–Crippen MR) is 119 cm³/mol. The summed E-state index contributed by atoms with van der Waals surface area (Å²) in [6.45, 7) is -0.196. The highest BCUT2D eigenvalue weighted by Gasteiger charge is 2.62. The van der Waals surface area contributed by atoms with Crippen molar-refractivity contribution in [3.05, 3.63) is 74.0 Å². The highest BCUT2D eigenvalue weighted by atomic mass is 35.5. The second kappa shape index (κ2) is 10.2. The highest BCUT2D eigenvalue weighted by Crippen LogP contribution is 2.49. The van der Waals surface area contributed by atoms with Crippen molar-refractivity contribution in [1.82, 2.24) is 5.32 Å². The lowest BCUT2D eigenvalue weighted by Gasteiger charge is -2.29. The molecule has 1 atom stereocenters. The van der Waals surface area contributed by atoms with E-state index in [1.165, 1.54) is 12.1 Å². The van der Waals surface area contributed by atoms with Crippen molar-refractivity contribution < 1.29 is 36.0 Å². The Kier molecular flexibility index (Phi) is 7.93. The van der Waals surface area contributed by atoms with Gasteiger partial charge in [0.2, 0.25) is 0 Å². The standard InChI is InChI=1S/C22H18Cl2F6N3O2/c1-12-4-13(2-3-14(12)9-31-10-19(34)32-11-21(25,26)27)18-8-20(35-33-18,22(28,29)30)15-5-16(23)7-17(24)6-15/h2-7H,8-11H2,1H3,(H,32,34)/q-1. The fourth-order valence-corrected chi connectivity index (χ4v) is 3.96. The number of amides is 1. The van der Waals surface area contributed by atoms with Crippen LogP contribution >= 0.6 is 23.2 Å². The topological polar surface area (TPSA) is 64.8 Å². The molecule has 2 aromatic rings. The summed E-state index contributed by atoms with van der Waals surface area (Å²) in [5, 5.41) is 9.38. The van der Waals surface area contributed by atoms with Gasteiger partial charge in [0.25, 0.3) is 5.60 Å². The number of oxime groups is 1. The third kappa shape index (κ3) is 6.59. The summed E-state index contributed by atoms with van der Waals surface area (Å²) in [6, 6.07) is 8.27. The number of hydrogen-bond donors (Lipinski definition) is 1. The first-order valence-corrected chi connectivity index (χ1v) is 10.8. The number of hydrogen-bond acceptors (Lipinski definition) is 3. The summed E-state index contributed by atoms with van der Waals surface area (Å²) >= 11 is 11.8. The van der Waals surface area contributed by atoms with E-state index >= 15 is 0 Å². The van der Waals surface area contributed by atoms with E-state index in [1.807, 2.05) is 0 Å². The second-order valence-corrected chi connectivity index (χ2v) is 8.73. The van der Waals surface area contributed by atoms with Crippen LogP contribution in [0.25, 0.3) is 5.32 Å². The maximum atomic E-state index is 14.1. The Bertz CT molecular complexity index is 1120. The van der Waals surface area contributed by atoms with Crippen molar-refractivity contribution in [3.8, 4) is 0 Å². The number of aryl methyl sites for hydroxylation is 1. The van der Waals surface area contributed by atoms with Gasteiger partial charge in [-0.2, -0.15) is 26.3 Å². The van der Waals surface area contributed by atoms with E-state index in [4.69, 9.17) is 28.0 Å². The number of rotatable bonds is 7. The third-order valence-corrected chi connectivity index (χ3v) is 5.65. The molecule has 2 aromatic carbocycles. The largest absolute Gasteiger partial charge is 0.651 e. The molecule has 0 bridgehead atoms. The zero-order valence-electron chi connectivity index (χ0n) is 18.0. The van der Waals surface area contributed by atoms with Gasteiger partial charge >= 0.3 is 12.4 Å². The minimum absolute atomic E-state index is 0.0178. The number of benzene rings is 2. The van der Waals surface area contributed by atoms with Crippen molar-refractivity contribution in [1.29, 1.82) is 0 Å². The van der Waals surface area contributed by atoms with Crippen LogP contribution in [0.3, 0.4) is 0 Å². The molecule has 1 aliphatic rings. The zero-order chi connectivity index (χ0) is 26.0. The fourth-order valence-electron chi connectivity index (χ4n) is 3.43. The molecule has 0 saturated carbocycles. The van der Waals surface area contributed by atoms with Gasteiger partial charge in [-0.25, -0.2) is 0 Å². The Labute approximate surface area is 206 Å². The van der Waals surface area contributed by atoms with Gasteiger partial charge in [0, 0.05) is 22.0 Å². The smallest absolute Gasteiger partial charge is 0.435 e. The van der Waals surface area contributed by atoms with Gasteiger partial charge in [0.05, 0.1) is 5.71 Å². The van der Waals surface area contributed by atoms with Crippen molar-refractivity contribution in [2.75, 3.05) is 13.1 Å². The van der Waals surface area contributed by atoms with Crippen LogP contribution in [-0.2, 0) is 21.8 Å². The maximum Gasteiger partial charge on any atom is 0.435 e. The summed E-state index contributed by atoms with van der Waals surface area (Å²) in [5.41, 5.74) is -1.33. The van der Waals surface area contributed by atoms with Crippen LogP contribution in [0.2, 0.25) is 10.0 Å². The van der Waals surface area contributed by atoms with E-state index in [0.717, 1.165) is 12.1 Å². The first kappa shape index (κ1) is 27.1. The van der Waals surface area contributed by atoms with Crippen molar-refractivity contribution in [2.24, 2.45) is 5.16 Å². The van der Waals surface area contributed by atoms with Gasteiger partial charge in [-0.3, -0.25) is 4.79 Å². The number of nitrogens with one attached hydrogen (secondary N) is 1. The molecule has 13 heteroatoms. The molecule has 35 heavy (non-hydrogen) atoms. The Morgan fingerprint density at radius 1 is 1.11 bits per heavy atom.